The zero-order valence-electron chi connectivity index (χ0n) is 12.6. The molecule has 118 valence electrons. The van der Waals surface area contributed by atoms with Crippen LogP contribution >= 0.6 is 0 Å². The van der Waals surface area contributed by atoms with Crippen molar-refractivity contribution >= 4 is 5.97 Å². The molecule has 0 fully saturated rings. The Balaban J connectivity index is 2.60. The first-order valence-corrected chi connectivity index (χ1v) is 6.84. The van der Waals surface area contributed by atoms with Gasteiger partial charge in [-0.25, -0.2) is 9.18 Å². The molecule has 0 saturated heterocycles. The first kappa shape index (κ1) is 17.4. The molecule has 0 unspecified atom stereocenters. The topological polar surface area (TPSA) is 56.8 Å². The zero-order chi connectivity index (χ0) is 15.7. The van der Waals surface area contributed by atoms with E-state index in [0.29, 0.717) is 25.3 Å². The van der Waals surface area contributed by atoms with Crippen molar-refractivity contribution in [2.24, 2.45) is 0 Å². The van der Waals surface area contributed by atoms with Crippen molar-refractivity contribution in [1.82, 2.24) is 5.32 Å². The molecule has 0 atom stereocenters. The van der Waals surface area contributed by atoms with Crippen LogP contribution in [-0.4, -0.2) is 38.9 Å². The molecule has 0 aliphatic carbocycles. The molecule has 1 rings (SSSR count). The van der Waals surface area contributed by atoms with E-state index in [-0.39, 0.29) is 18.5 Å². The monoisotopic (exact) mass is 299 g/mol. The molecule has 0 spiro atoms. The summed E-state index contributed by atoms with van der Waals surface area (Å²) in [6, 6.07) is 4.63. The zero-order valence-corrected chi connectivity index (χ0v) is 12.6. The van der Waals surface area contributed by atoms with Crippen molar-refractivity contribution in [3.8, 4) is 5.75 Å². The highest BCUT2D eigenvalue weighted by atomic mass is 19.1. The number of halogens is 1. The first-order chi connectivity index (χ1) is 10.0. The fraction of sp³-hybridized carbons (Fsp3) is 0.533. The maximum absolute atomic E-state index is 13.8. The van der Waals surface area contributed by atoms with Gasteiger partial charge in [0.15, 0.2) is 18.2 Å². The number of hydrogen-bond donors (Lipinski definition) is 1. The lowest BCUT2D eigenvalue weighted by atomic mass is 10.2. The highest BCUT2D eigenvalue weighted by Crippen LogP contribution is 2.22. The number of methoxy groups -OCH3 is 1. The van der Waals surface area contributed by atoms with E-state index in [9.17, 15) is 9.18 Å². The van der Waals surface area contributed by atoms with E-state index < -0.39 is 11.8 Å². The van der Waals surface area contributed by atoms with Crippen LogP contribution in [0.2, 0.25) is 0 Å². The summed E-state index contributed by atoms with van der Waals surface area (Å²) in [4.78, 5) is 11.4. The molecule has 6 heteroatoms. The van der Waals surface area contributed by atoms with Crippen LogP contribution in [0.4, 0.5) is 4.39 Å². The summed E-state index contributed by atoms with van der Waals surface area (Å²) in [5, 5.41) is 3.10. The molecule has 0 aliphatic rings. The summed E-state index contributed by atoms with van der Waals surface area (Å²) in [6.45, 7) is 4.80. The molecule has 5 nitrogen and oxygen atoms in total. The molecule has 0 heterocycles. The molecule has 1 aromatic carbocycles. The lowest BCUT2D eigenvalue weighted by molar-refractivity contribution is -0.149. The first-order valence-electron chi connectivity index (χ1n) is 6.84. The molecule has 0 amide bonds. The van der Waals surface area contributed by atoms with E-state index in [1.807, 2.05) is 0 Å². The molecule has 0 bridgehead atoms. The number of rotatable bonds is 9. The SMILES string of the molecule is COCCNCc1cccc(F)c1OCC(=O)OC(C)C. The molecular formula is C15H22FNO4. The van der Waals surface area contributed by atoms with Gasteiger partial charge >= 0.3 is 5.97 Å². The average Bonchev–Trinajstić information content (AvgIpc) is 2.42. The van der Waals surface area contributed by atoms with E-state index in [1.54, 1.807) is 33.1 Å². The normalized spacial score (nSPS) is 10.7. The van der Waals surface area contributed by atoms with Crippen molar-refractivity contribution in [3.05, 3.63) is 29.6 Å². The lowest BCUT2D eigenvalue weighted by Gasteiger charge is -2.13. The number of ether oxygens (including phenoxy) is 3. The minimum absolute atomic E-state index is 0.0723. The highest BCUT2D eigenvalue weighted by molar-refractivity contribution is 5.71. The van der Waals surface area contributed by atoms with E-state index in [4.69, 9.17) is 14.2 Å². The van der Waals surface area contributed by atoms with E-state index in [1.165, 1.54) is 6.07 Å². The fourth-order valence-electron chi connectivity index (χ4n) is 1.68. The molecular weight excluding hydrogens is 277 g/mol. The third-order valence-electron chi connectivity index (χ3n) is 2.55. The van der Waals surface area contributed by atoms with Gasteiger partial charge in [0.05, 0.1) is 12.7 Å². The summed E-state index contributed by atoms with van der Waals surface area (Å²) in [7, 11) is 1.61. The van der Waals surface area contributed by atoms with Crippen LogP contribution in [0.3, 0.4) is 0 Å². The third-order valence-corrected chi connectivity index (χ3v) is 2.55. The largest absolute Gasteiger partial charge is 0.478 e. The van der Waals surface area contributed by atoms with Crippen LogP contribution in [0, 0.1) is 5.82 Å². The summed E-state index contributed by atoms with van der Waals surface area (Å²) in [5.74, 6) is -0.951. The lowest BCUT2D eigenvalue weighted by Crippen LogP contribution is -2.21. The Morgan fingerprint density at radius 1 is 1.38 bits per heavy atom. The van der Waals surface area contributed by atoms with Gasteiger partial charge < -0.3 is 19.5 Å². The van der Waals surface area contributed by atoms with Crippen molar-refractivity contribution in [2.75, 3.05) is 26.9 Å². The fourth-order valence-corrected chi connectivity index (χ4v) is 1.68. The molecule has 0 aliphatic heterocycles. The van der Waals surface area contributed by atoms with Gasteiger partial charge in [-0.2, -0.15) is 0 Å². The smallest absolute Gasteiger partial charge is 0.344 e. The summed E-state index contributed by atoms with van der Waals surface area (Å²) >= 11 is 0. The Morgan fingerprint density at radius 2 is 2.14 bits per heavy atom. The predicted octanol–water partition coefficient (Wildman–Crippen LogP) is 1.89. The number of esters is 1. The summed E-state index contributed by atoms with van der Waals surface area (Å²) in [6.07, 6.45) is -0.225. The van der Waals surface area contributed by atoms with Crippen molar-refractivity contribution in [3.63, 3.8) is 0 Å². The van der Waals surface area contributed by atoms with Crippen LogP contribution in [0.1, 0.15) is 19.4 Å². The molecule has 0 aromatic heterocycles. The number of para-hydroxylation sites is 1. The third kappa shape index (κ3) is 6.55. The van der Waals surface area contributed by atoms with Gasteiger partial charge in [0.1, 0.15) is 0 Å². The standard InChI is InChI=1S/C15H22FNO4/c1-11(2)21-14(18)10-20-15-12(5-4-6-13(15)16)9-17-7-8-19-3/h4-6,11,17H,7-10H2,1-3H3. The van der Waals surface area contributed by atoms with Crippen LogP contribution in [-0.2, 0) is 20.8 Å². The predicted molar refractivity (Wildman–Crippen MR) is 76.7 cm³/mol. The molecule has 0 saturated carbocycles. The summed E-state index contributed by atoms with van der Waals surface area (Å²) < 4.78 is 28.9. The second kappa shape index (κ2) is 9.31. The van der Waals surface area contributed by atoms with Crippen LogP contribution in [0.5, 0.6) is 5.75 Å². The van der Waals surface area contributed by atoms with Gasteiger partial charge in [-0.15, -0.1) is 0 Å². The van der Waals surface area contributed by atoms with Gasteiger partial charge in [-0.1, -0.05) is 12.1 Å². The van der Waals surface area contributed by atoms with Gasteiger partial charge in [0, 0.05) is 25.8 Å². The van der Waals surface area contributed by atoms with Gasteiger partial charge in [-0.3, -0.25) is 0 Å². The maximum Gasteiger partial charge on any atom is 0.344 e. The number of benzene rings is 1. The molecule has 0 radical (unpaired) electrons. The highest BCUT2D eigenvalue weighted by Gasteiger charge is 2.13. The molecule has 1 aromatic rings. The van der Waals surface area contributed by atoms with Crippen LogP contribution in [0.15, 0.2) is 18.2 Å². The van der Waals surface area contributed by atoms with E-state index in [2.05, 4.69) is 5.32 Å². The molecule has 1 N–H and O–H groups in total. The van der Waals surface area contributed by atoms with Crippen molar-refractivity contribution in [2.45, 2.75) is 26.5 Å². The second-order valence-corrected chi connectivity index (χ2v) is 4.72. The summed E-state index contributed by atoms with van der Waals surface area (Å²) in [5.41, 5.74) is 0.642. The Bertz CT molecular complexity index is 451. The number of hydrogen-bond acceptors (Lipinski definition) is 5. The van der Waals surface area contributed by atoms with E-state index >= 15 is 0 Å². The maximum atomic E-state index is 13.8. The Kier molecular flexibility index (Phi) is 7.71. The van der Waals surface area contributed by atoms with Crippen LogP contribution < -0.4 is 10.1 Å². The number of carbonyl (C=O) groups is 1. The van der Waals surface area contributed by atoms with Crippen LogP contribution in [0.25, 0.3) is 0 Å². The average molecular weight is 299 g/mol. The molecule has 21 heavy (non-hydrogen) atoms. The van der Waals surface area contributed by atoms with Crippen molar-refractivity contribution < 1.29 is 23.4 Å². The Morgan fingerprint density at radius 3 is 2.81 bits per heavy atom. The van der Waals surface area contributed by atoms with Gasteiger partial charge in [0.25, 0.3) is 0 Å². The minimum atomic E-state index is -0.522. The number of carbonyl (C=O) groups excluding carboxylic acids is 1. The van der Waals surface area contributed by atoms with E-state index in [0.717, 1.165) is 0 Å². The van der Waals surface area contributed by atoms with Crippen molar-refractivity contribution in [1.29, 1.82) is 0 Å². The number of nitrogens with one attached hydrogen (secondary N) is 1. The van der Waals surface area contributed by atoms with Gasteiger partial charge in [-0.05, 0) is 19.9 Å². The second-order valence-electron chi connectivity index (χ2n) is 4.72. The Hall–Kier alpha value is -1.66. The quantitative estimate of drug-likeness (QED) is 0.557. The minimum Gasteiger partial charge on any atom is -0.478 e. The Labute approximate surface area is 124 Å². The van der Waals surface area contributed by atoms with Gasteiger partial charge in [0.2, 0.25) is 0 Å².